The van der Waals surface area contributed by atoms with Gasteiger partial charge in [-0.25, -0.2) is 12.7 Å². The van der Waals surface area contributed by atoms with E-state index in [1.165, 1.54) is 6.26 Å². The van der Waals surface area contributed by atoms with E-state index < -0.39 is 10.0 Å². The molecule has 0 atom stereocenters. The molecule has 3 rings (SSSR count). The SMILES string of the molecule is CC1(C)OB(c2ccc(OCC3CCN(S(C)(=O)=O)CC3)cc2)OC1(C)C. The van der Waals surface area contributed by atoms with Crippen LogP contribution in [0.2, 0.25) is 0 Å². The van der Waals surface area contributed by atoms with Crippen LogP contribution in [0.5, 0.6) is 5.75 Å². The van der Waals surface area contributed by atoms with Crippen molar-refractivity contribution in [3.8, 4) is 5.75 Å². The Kier molecular flexibility index (Phi) is 5.65. The Balaban J connectivity index is 1.51. The fraction of sp³-hybridized carbons (Fsp3) is 0.684. The first-order valence-corrected chi connectivity index (χ1v) is 11.4. The fourth-order valence-electron chi connectivity index (χ4n) is 3.32. The van der Waals surface area contributed by atoms with E-state index in [1.807, 2.05) is 52.0 Å². The van der Waals surface area contributed by atoms with Crippen molar-refractivity contribution >= 4 is 22.6 Å². The lowest BCUT2D eigenvalue weighted by Crippen LogP contribution is -2.41. The second kappa shape index (κ2) is 7.39. The van der Waals surface area contributed by atoms with Gasteiger partial charge in [0.25, 0.3) is 0 Å². The highest BCUT2D eigenvalue weighted by Gasteiger charge is 2.51. The number of sulfonamides is 1. The third kappa shape index (κ3) is 4.67. The Morgan fingerprint density at radius 1 is 1.07 bits per heavy atom. The van der Waals surface area contributed by atoms with Crippen LogP contribution in [0.3, 0.4) is 0 Å². The normalized spacial score (nSPS) is 23.5. The molecule has 0 unspecified atom stereocenters. The van der Waals surface area contributed by atoms with Gasteiger partial charge in [-0.2, -0.15) is 0 Å². The summed E-state index contributed by atoms with van der Waals surface area (Å²) in [5.41, 5.74) is 0.268. The van der Waals surface area contributed by atoms with E-state index in [0.29, 0.717) is 25.6 Å². The van der Waals surface area contributed by atoms with Crippen molar-refractivity contribution in [1.29, 1.82) is 0 Å². The van der Waals surface area contributed by atoms with Crippen LogP contribution in [-0.2, 0) is 19.3 Å². The van der Waals surface area contributed by atoms with E-state index >= 15 is 0 Å². The van der Waals surface area contributed by atoms with E-state index in [2.05, 4.69) is 0 Å². The lowest BCUT2D eigenvalue weighted by Gasteiger charge is -2.32. The monoisotopic (exact) mass is 395 g/mol. The molecular formula is C19H30BNO5S. The third-order valence-corrected chi connectivity index (χ3v) is 7.24. The molecule has 0 saturated carbocycles. The van der Waals surface area contributed by atoms with E-state index in [-0.39, 0.29) is 18.3 Å². The number of ether oxygens (including phenoxy) is 1. The van der Waals surface area contributed by atoms with Gasteiger partial charge in [-0.1, -0.05) is 12.1 Å². The minimum atomic E-state index is -3.08. The van der Waals surface area contributed by atoms with Crippen LogP contribution in [0.4, 0.5) is 0 Å². The van der Waals surface area contributed by atoms with Gasteiger partial charge in [0.05, 0.1) is 24.1 Å². The molecule has 150 valence electrons. The smallest absolute Gasteiger partial charge is 0.493 e. The van der Waals surface area contributed by atoms with Crippen LogP contribution < -0.4 is 10.2 Å². The molecule has 2 aliphatic rings. The van der Waals surface area contributed by atoms with Gasteiger partial charge in [0, 0.05) is 13.1 Å². The minimum absolute atomic E-state index is 0.353. The molecule has 6 nitrogen and oxygen atoms in total. The Morgan fingerprint density at radius 3 is 2.07 bits per heavy atom. The fourth-order valence-corrected chi connectivity index (χ4v) is 4.20. The second-order valence-corrected chi connectivity index (χ2v) is 10.6. The van der Waals surface area contributed by atoms with Crippen molar-refractivity contribution in [1.82, 2.24) is 4.31 Å². The molecule has 0 radical (unpaired) electrons. The molecule has 2 heterocycles. The lowest BCUT2D eigenvalue weighted by atomic mass is 9.79. The molecule has 2 saturated heterocycles. The molecule has 0 aliphatic carbocycles. The molecule has 2 fully saturated rings. The van der Waals surface area contributed by atoms with Crippen molar-refractivity contribution < 1.29 is 22.5 Å². The molecule has 0 N–H and O–H groups in total. The minimum Gasteiger partial charge on any atom is -0.493 e. The van der Waals surface area contributed by atoms with Crippen LogP contribution in [0.15, 0.2) is 24.3 Å². The molecule has 1 aromatic carbocycles. The average molecular weight is 395 g/mol. The predicted octanol–water partition coefficient (Wildman–Crippen LogP) is 2.04. The van der Waals surface area contributed by atoms with Crippen LogP contribution in [-0.4, -0.2) is 57.0 Å². The zero-order chi connectivity index (χ0) is 19.9. The maximum Gasteiger partial charge on any atom is 0.494 e. The van der Waals surface area contributed by atoms with Crippen molar-refractivity contribution in [2.75, 3.05) is 26.0 Å². The van der Waals surface area contributed by atoms with E-state index in [0.717, 1.165) is 24.1 Å². The molecule has 2 aliphatic heterocycles. The summed E-state index contributed by atoms with van der Waals surface area (Å²) in [6, 6.07) is 7.82. The summed E-state index contributed by atoms with van der Waals surface area (Å²) >= 11 is 0. The maximum atomic E-state index is 11.6. The Morgan fingerprint density at radius 2 is 1.59 bits per heavy atom. The average Bonchev–Trinajstić information content (AvgIpc) is 2.81. The van der Waals surface area contributed by atoms with E-state index in [1.54, 1.807) is 4.31 Å². The highest BCUT2D eigenvalue weighted by Crippen LogP contribution is 2.36. The Hall–Kier alpha value is -1.09. The number of hydrogen-bond acceptors (Lipinski definition) is 5. The van der Waals surface area contributed by atoms with E-state index in [9.17, 15) is 8.42 Å². The van der Waals surface area contributed by atoms with Gasteiger partial charge in [0.2, 0.25) is 10.0 Å². The quantitative estimate of drug-likeness (QED) is 0.714. The Labute approximate surface area is 163 Å². The summed E-state index contributed by atoms with van der Waals surface area (Å²) in [7, 11) is -3.45. The van der Waals surface area contributed by atoms with Crippen molar-refractivity contribution in [2.24, 2.45) is 5.92 Å². The highest BCUT2D eigenvalue weighted by molar-refractivity contribution is 7.88. The first-order valence-electron chi connectivity index (χ1n) is 9.51. The molecule has 0 spiro atoms. The summed E-state index contributed by atoms with van der Waals surface area (Å²) in [6.45, 7) is 9.92. The van der Waals surface area contributed by atoms with E-state index in [4.69, 9.17) is 14.0 Å². The number of hydrogen-bond donors (Lipinski definition) is 0. The molecule has 27 heavy (non-hydrogen) atoms. The van der Waals surface area contributed by atoms with Crippen LogP contribution in [0.25, 0.3) is 0 Å². The maximum absolute atomic E-state index is 11.6. The summed E-state index contributed by atoms with van der Waals surface area (Å²) in [5.74, 6) is 1.19. The standard InChI is InChI=1S/C19H30BNO5S/c1-18(2)19(3,4)26-20(25-18)16-6-8-17(9-7-16)24-14-15-10-12-21(13-11-15)27(5,22)23/h6-9,15H,10-14H2,1-5H3. The Bertz CT molecular complexity index is 739. The second-order valence-electron chi connectivity index (χ2n) is 8.57. The topological polar surface area (TPSA) is 65.1 Å². The first kappa shape index (κ1) is 20.6. The van der Waals surface area contributed by atoms with Gasteiger partial charge in [-0.05, 0) is 64.1 Å². The lowest BCUT2D eigenvalue weighted by molar-refractivity contribution is 0.00578. The van der Waals surface area contributed by atoms with Crippen LogP contribution in [0, 0.1) is 5.92 Å². The van der Waals surface area contributed by atoms with Gasteiger partial charge in [0.1, 0.15) is 5.75 Å². The third-order valence-electron chi connectivity index (χ3n) is 5.93. The van der Waals surface area contributed by atoms with Gasteiger partial charge >= 0.3 is 7.12 Å². The van der Waals surface area contributed by atoms with Gasteiger partial charge in [0.15, 0.2) is 0 Å². The summed E-state index contributed by atoms with van der Waals surface area (Å²) < 4.78 is 42.7. The largest absolute Gasteiger partial charge is 0.494 e. The summed E-state index contributed by atoms with van der Waals surface area (Å²) in [5, 5.41) is 0. The number of nitrogens with zero attached hydrogens (tertiary/aromatic N) is 1. The zero-order valence-corrected chi connectivity index (χ0v) is 17.7. The predicted molar refractivity (Wildman–Crippen MR) is 107 cm³/mol. The summed E-state index contributed by atoms with van der Waals surface area (Å²) in [4.78, 5) is 0. The van der Waals surface area contributed by atoms with Gasteiger partial charge < -0.3 is 14.0 Å². The van der Waals surface area contributed by atoms with Crippen molar-refractivity contribution in [3.05, 3.63) is 24.3 Å². The van der Waals surface area contributed by atoms with Crippen LogP contribution in [0.1, 0.15) is 40.5 Å². The van der Waals surface area contributed by atoms with Crippen molar-refractivity contribution in [3.63, 3.8) is 0 Å². The zero-order valence-electron chi connectivity index (χ0n) is 16.9. The number of benzene rings is 1. The molecule has 0 bridgehead atoms. The molecule has 1 aromatic rings. The number of piperidine rings is 1. The summed E-state index contributed by atoms with van der Waals surface area (Å²) in [6.07, 6.45) is 2.93. The van der Waals surface area contributed by atoms with Gasteiger partial charge in [-0.3, -0.25) is 0 Å². The molecular weight excluding hydrogens is 365 g/mol. The van der Waals surface area contributed by atoms with Gasteiger partial charge in [-0.15, -0.1) is 0 Å². The molecule has 0 amide bonds. The molecule has 0 aromatic heterocycles. The molecule has 8 heteroatoms. The first-order chi connectivity index (χ1) is 12.5. The number of rotatable bonds is 5. The highest BCUT2D eigenvalue weighted by atomic mass is 32.2. The van der Waals surface area contributed by atoms with Crippen molar-refractivity contribution in [2.45, 2.75) is 51.7 Å². The van der Waals surface area contributed by atoms with Crippen LogP contribution >= 0.6 is 0 Å².